The van der Waals surface area contributed by atoms with Crippen LogP contribution in [-0.4, -0.2) is 9.13 Å². The van der Waals surface area contributed by atoms with E-state index in [1.807, 2.05) is 36.4 Å². The van der Waals surface area contributed by atoms with Crippen LogP contribution in [0.1, 0.15) is 11.1 Å². The highest BCUT2D eigenvalue weighted by molar-refractivity contribution is 6.23. The molecule has 0 aliphatic rings. The summed E-state index contributed by atoms with van der Waals surface area (Å²) in [5.74, 6) is 0. The molecular weight excluding hydrogens is 969 g/mol. The molecule has 0 saturated carbocycles. The van der Waals surface area contributed by atoms with E-state index in [0.29, 0.717) is 11.1 Å². The van der Waals surface area contributed by atoms with E-state index in [4.69, 9.17) is 0 Å². The number of hydrogen-bond acceptors (Lipinski definition) is 2. The van der Waals surface area contributed by atoms with Crippen LogP contribution in [0, 0.1) is 22.7 Å². The summed E-state index contributed by atoms with van der Waals surface area (Å²) in [7, 11) is 0. The van der Waals surface area contributed by atoms with Crippen molar-refractivity contribution in [3.8, 4) is 90.3 Å². The fourth-order valence-corrected chi connectivity index (χ4v) is 12.4. The lowest BCUT2D eigenvalue weighted by molar-refractivity contribution is 1.18. The maximum Gasteiger partial charge on any atom is 0.0991 e. The molecule has 2 heterocycles. The minimum atomic E-state index is 0.633. The van der Waals surface area contributed by atoms with E-state index >= 15 is 0 Å². The predicted octanol–water partition coefficient (Wildman–Crippen LogP) is 19.9. The van der Waals surface area contributed by atoms with Crippen LogP contribution in [0.2, 0.25) is 0 Å². The quantitative estimate of drug-likeness (QED) is 0.142. The van der Waals surface area contributed by atoms with Crippen molar-refractivity contribution < 1.29 is 0 Å². The zero-order valence-corrected chi connectivity index (χ0v) is 43.3. The first-order valence-corrected chi connectivity index (χ1v) is 27.0. The fourth-order valence-electron chi connectivity index (χ4n) is 12.4. The number of rotatable bonds is 8. The second-order valence-corrected chi connectivity index (χ2v) is 20.7. The van der Waals surface area contributed by atoms with Gasteiger partial charge in [0.25, 0.3) is 0 Å². The number of benzene rings is 13. The van der Waals surface area contributed by atoms with Crippen LogP contribution in [0.4, 0.5) is 0 Å². The number of para-hydroxylation sites is 2. The van der Waals surface area contributed by atoms with Gasteiger partial charge >= 0.3 is 0 Å². The Morgan fingerprint density at radius 3 is 0.850 bits per heavy atom. The third-order valence-electron chi connectivity index (χ3n) is 16.2. The third kappa shape index (κ3) is 7.66. The molecule has 15 aromatic rings. The van der Waals surface area contributed by atoms with Crippen LogP contribution in [0.15, 0.2) is 279 Å². The van der Waals surface area contributed by atoms with Crippen molar-refractivity contribution in [2.75, 3.05) is 0 Å². The first kappa shape index (κ1) is 46.3. The van der Waals surface area contributed by atoms with Gasteiger partial charge in [-0.05, 0) is 185 Å². The molecule has 4 nitrogen and oxygen atoms in total. The Kier molecular flexibility index (Phi) is 10.9. The van der Waals surface area contributed by atoms with Gasteiger partial charge in [-0.1, -0.05) is 182 Å². The third-order valence-corrected chi connectivity index (χ3v) is 16.2. The zero-order valence-electron chi connectivity index (χ0n) is 43.3. The Labute approximate surface area is 462 Å². The van der Waals surface area contributed by atoms with Crippen molar-refractivity contribution in [3.63, 3.8) is 0 Å². The number of aromatic nitrogens is 2. The minimum absolute atomic E-state index is 0.633. The molecule has 4 heteroatoms. The maximum atomic E-state index is 10.1. The zero-order chi connectivity index (χ0) is 53.3. The van der Waals surface area contributed by atoms with Crippen molar-refractivity contribution in [2.24, 2.45) is 0 Å². The van der Waals surface area contributed by atoms with Gasteiger partial charge in [0.15, 0.2) is 0 Å². The summed E-state index contributed by atoms with van der Waals surface area (Å²) < 4.78 is 4.60. The highest BCUT2D eigenvalue weighted by atomic mass is 15.0. The van der Waals surface area contributed by atoms with Gasteiger partial charge in [-0.3, -0.25) is 0 Å². The summed E-state index contributed by atoms with van der Waals surface area (Å²) in [6, 6.07) is 105. The van der Waals surface area contributed by atoms with E-state index in [9.17, 15) is 10.5 Å². The van der Waals surface area contributed by atoms with Crippen LogP contribution in [0.25, 0.3) is 143 Å². The summed E-state index contributed by atoms with van der Waals surface area (Å²) in [6.07, 6.45) is 0. The van der Waals surface area contributed by atoms with Gasteiger partial charge in [0.1, 0.15) is 0 Å². The first-order valence-electron chi connectivity index (χ1n) is 27.0. The molecular formula is C76H46N4. The van der Waals surface area contributed by atoms with Crippen LogP contribution in [-0.2, 0) is 0 Å². The molecule has 13 aromatic carbocycles. The molecule has 370 valence electrons. The normalized spacial score (nSPS) is 11.5. The maximum absolute atomic E-state index is 10.1. The molecule has 15 rings (SSSR count). The molecule has 0 fully saturated rings. The lowest BCUT2D eigenvalue weighted by atomic mass is 9.83. The molecule has 0 bridgehead atoms. The lowest BCUT2D eigenvalue weighted by Crippen LogP contribution is -1.94. The van der Waals surface area contributed by atoms with Gasteiger partial charge in [0.05, 0.1) is 45.3 Å². The summed E-state index contributed by atoms with van der Waals surface area (Å²) in [6.45, 7) is 0. The molecule has 80 heavy (non-hydrogen) atoms. The molecule has 0 radical (unpaired) electrons. The monoisotopic (exact) mass is 1010 g/mol. The number of nitrogens with zero attached hydrogens (tertiary/aromatic N) is 4. The molecule has 0 saturated heterocycles. The second kappa shape index (κ2) is 18.9. The van der Waals surface area contributed by atoms with Crippen LogP contribution < -0.4 is 0 Å². The Hall–Kier alpha value is -11.0. The summed E-state index contributed by atoms with van der Waals surface area (Å²) in [5.41, 5.74) is 21.3. The van der Waals surface area contributed by atoms with Crippen molar-refractivity contribution in [1.29, 1.82) is 10.5 Å². The van der Waals surface area contributed by atoms with Crippen LogP contribution in [0.3, 0.4) is 0 Å². The number of hydrogen-bond donors (Lipinski definition) is 0. The van der Waals surface area contributed by atoms with Gasteiger partial charge in [-0.15, -0.1) is 0 Å². The molecule has 0 atom stereocenters. The highest BCUT2D eigenvalue weighted by Crippen LogP contribution is 2.48. The Morgan fingerprint density at radius 2 is 0.487 bits per heavy atom. The van der Waals surface area contributed by atoms with E-state index in [1.165, 1.54) is 22.3 Å². The molecule has 0 N–H and O–H groups in total. The van der Waals surface area contributed by atoms with Gasteiger partial charge in [0.2, 0.25) is 0 Å². The standard InChI is InChI=1S/C76H46N4/c77-47-49-21-37-71-65(41-49)67-43-59(33-39-73(67)79(71)61-17-9-3-10-18-61)57-32-36-64-69(45-57)75(55-27-23-53(24-28-55)51-13-5-1-6-14-51)63-35-31-58(46-70(63)76(64)56-29-25-54(26-30-56)52-15-7-2-8-16-52)60-34-40-74-68(44-60)66-42-50(48-78)22-38-72(66)80(74)62-19-11-4-12-20-62/h1-46H. The van der Waals surface area contributed by atoms with Crippen LogP contribution >= 0.6 is 0 Å². The Bertz CT molecular complexity index is 4700. The molecule has 0 spiro atoms. The Morgan fingerprint density at radius 1 is 0.212 bits per heavy atom. The van der Waals surface area contributed by atoms with Gasteiger partial charge in [-0.25, -0.2) is 0 Å². The topological polar surface area (TPSA) is 57.4 Å². The van der Waals surface area contributed by atoms with Gasteiger partial charge in [0, 0.05) is 32.9 Å². The highest BCUT2D eigenvalue weighted by Gasteiger charge is 2.22. The van der Waals surface area contributed by atoms with Crippen molar-refractivity contribution in [1.82, 2.24) is 9.13 Å². The average molecular weight is 1020 g/mol. The molecule has 0 amide bonds. The number of nitriles is 2. The summed E-state index contributed by atoms with van der Waals surface area (Å²) >= 11 is 0. The van der Waals surface area contributed by atoms with E-state index in [1.54, 1.807) is 0 Å². The van der Waals surface area contributed by atoms with Crippen LogP contribution in [0.5, 0.6) is 0 Å². The first-order chi connectivity index (χ1) is 39.6. The SMILES string of the molecule is N#Cc1ccc2c(c1)c1cc(-c3ccc4c(-c5ccc(-c6ccccc6)cc5)c5cc(-c6ccc7c(c6)c6cc(C#N)ccc6n7-c6ccccc6)ccc5c(-c5ccc(-c6ccccc6)cc5)c4c3)ccc1n2-c1ccccc1. The molecule has 0 aliphatic heterocycles. The number of fused-ring (bicyclic) bond motifs is 8. The fraction of sp³-hybridized carbons (Fsp3) is 0. The summed E-state index contributed by atoms with van der Waals surface area (Å²) in [5, 5.41) is 29.1. The minimum Gasteiger partial charge on any atom is -0.309 e. The molecule has 0 aliphatic carbocycles. The van der Waals surface area contributed by atoms with Gasteiger partial charge < -0.3 is 9.13 Å². The summed E-state index contributed by atoms with van der Waals surface area (Å²) in [4.78, 5) is 0. The predicted molar refractivity (Wildman–Crippen MR) is 332 cm³/mol. The van der Waals surface area contributed by atoms with E-state index < -0.39 is 0 Å². The lowest BCUT2D eigenvalue weighted by Gasteiger charge is -2.20. The van der Waals surface area contributed by atoms with Crippen molar-refractivity contribution >= 4 is 65.2 Å². The van der Waals surface area contributed by atoms with E-state index in [2.05, 4.69) is 264 Å². The second-order valence-electron chi connectivity index (χ2n) is 20.7. The Balaban J connectivity index is 0.986. The van der Waals surface area contributed by atoms with E-state index in [-0.39, 0.29) is 0 Å². The largest absolute Gasteiger partial charge is 0.309 e. The molecule has 2 aromatic heterocycles. The van der Waals surface area contributed by atoms with Crippen molar-refractivity contribution in [3.05, 3.63) is 290 Å². The van der Waals surface area contributed by atoms with E-state index in [0.717, 1.165) is 121 Å². The van der Waals surface area contributed by atoms with Gasteiger partial charge in [-0.2, -0.15) is 10.5 Å². The average Bonchev–Trinajstić information content (AvgIpc) is 4.16. The smallest absolute Gasteiger partial charge is 0.0991 e. The molecule has 0 unspecified atom stereocenters. The van der Waals surface area contributed by atoms with Crippen molar-refractivity contribution in [2.45, 2.75) is 0 Å².